The van der Waals surface area contributed by atoms with Gasteiger partial charge in [0.05, 0.1) is 22.9 Å². The number of ether oxygens (including phenoxy) is 1. The summed E-state index contributed by atoms with van der Waals surface area (Å²) in [6.45, 7) is 3.73. The molecule has 6 N–H and O–H groups in total. The summed E-state index contributed by atoms with van der Waals surface area (Å²) in [6.07, 6.45) is 1.40. The number of carbonyl (C=O) groups excluding carboxylic acids is 2. The minimum atomic E-state index is -4.25. The predicted molar refractivity (Wildman–Crippen MR) is 189 cm³/mol. The van der Waals surface area contributed by atoms with Crippen LogP contribution in [0, 0.1) is 0 Å². The van der Waals surface area contributed by atoms with E-state index in [1.54, 1.807) is 12.1 Å². The standard InChI is InChI=1S/C19H18ClN5O4S.C11H8Cl2N4O3S/c1-11(2)29-16-9-6-12(10-22-16)18-13(7-8-14(20)23-18)19(26)25-30(27,28)17-5-3-4-15(21)24-17;12-7-5-4-6(10(13)15-7)11(18)17-21(19,20)9-3-1-2-8(14)16-9/h3-11H,1-2H3,(H2,21,24)(H,25,26);1-5H,(H2,14,16)(H,17,18). The molecule has 0 spiro atoms. The van der Waals surface area contributed by atoms with E-state index in [1.165, 1.54) is 66.9 Å². The van der Waals surface area contributed by atoms with Crippen LogP contribution >= 0.6 is 34.8 Å². The van der Waals surface area contributed by atoms with Crippen molar-refractivity contribution in [3.63, 3.8) is 0 Å². The molecule has 0 aliphatic rings. The van der Waals surface area contributed by atoms with Crippen LogP contribution < -0.4 is 25.6 Å². The van der Waals surface area contributed by atoms with E-state index in [1.807, 2.05) is 23.3 Å². The van der Waals surface area contributed by atoms with E-state index in [0.29, 0.717) is 11.4 Å². The molecule has 16 nitrogen and oxygen atoms in total. The number of nitrogen functional groups attached to an aromatic ring is 2. The predicted octanol–water partition coefficient (Wildman–Crippen LogP) is 4.16. The molecule has 5 aromatic rings. The van der Waals surface area contributed by atoms with Crippen molar-refractivity contribution in [1.82, 2.24) is 34.4 Å². The summed E-state index contributed by atoms with van der Waals surface area (Å²) in [6, 6.07) is 16.7. The second kappa shape index (κ2) is 16.3. The number of pyridine rings is 5. The quantitative estimate of drug-likeness (QED) is 0.153. The first-order valence-corrected chi connectivity index (χ1v) is 18.3. The van der Waals surface area contributed by atoms with E-state index in [4.69, 9.17) is 51.0 Å². The monoisotopic (exact) mass is 793 g/mol. The van der Waals surface area contributed by atoms with Gasteiger partial charge in [-0.2, -0.15) is 16.8 Å². The zero-order valence-corrected chi connectivity index (χ0v) is 30.2. The average Bonchev–Trinajstić information content (AvgIpc) is 3.04. The van der Waals surface area contributed by atoms with Crippen molar-refractivity contribution in [2.24, 2.45) is 0 Å². The van der Waals surface area contributed by atoms with E-state index >= 15 is 0 Å². The molecule has 0 fully saturated rings. The number of nitrogens with two attached hydrogens (primary N) is 2. The number of nitrogens with one attached hydrogen (secondary N) is 2. The van der Waals surface area contributed by atoms with Gasteiger partial charge in [0.2, 0.25) is 5.88 Å². The summed E-state index contributed by atoms with van der Waals surface area (Å²) in [5, 5.41) is -0.762. The summed E-state index contributed by atoms with van der Waals surface area (Å²) < 4.78 is 58.3. The molecule has 266 valence electrons. The molecule has 5 rings (SSSR count). The fourth-order valence-corrected chi connectivity index (χ4v) is 6.33. The molecule has 0 saturated carbocycles. The normalized spacial score (nSPS) is 11.3. The van der Waals surface area contributed by atoms with E-state index < -0.39 is 31.9 Å². The highest BCUT2D eigenvalue weighted by Crippen LogP contribution is 2.25. The molecule has 0 atom stereocenters. The number of nitrogens with zero attached hydrogens (tertiary/aromatic N) is 5. The van der Waals surface area contributed by atoms with Gasteiger partial charge in [-0.15, -0.1) is 0 Å². The first-order chi connectivity index (χ1) is 23.9. The van der Waals surface area contributed by atoms with Crippen molar-refractivity contribution in [2.45, 2.75) is 30.0 Å². The summed E-state index contributed by atoms with van der Waals surface area (Å²) in [4.78, 5) is 44.1. The lowest BCUT2D eigenvalue weighted by Gasteiger charge is -2.12. The molecule has 0 aromatic carbocycles. The third kappa shape index (κ3) is 10.4. The largest absolute Gasteiger partial charge is 0.475 e. The molecular weight excluding hydrogens is 769 g/mol. The van der Waals surface area contributed by atoms with Gasteiger partial charge in [0.25, 0.3) is 31.9 Å². The van der Waals surface area contributed by atoms with Crippen LogP contribution in [0.3, 0.4) is 0 Å². The van der Waals surface area contributed by atoms with Crippen LogP contribution in [0.1, 0.15) is 34.6 Å². The van der Waals surface area contributed by atoms with Crippen LogP contribution in [0.25, 0.3) is 11.3 Å². The molecule has 51 heavy (non-hydrogen) atoms. The Morgan fingerprint density at radius 2 is 1.20 bits per heavy atom. The highest BCUT2D eigenvalue weighted by Gasteiger charge is 2.24. The third-order valence-corrected chi connectivity index (χ3v) is 9.20. The SMILES string of the molecule is CC(C)Oc1ccc(-c2nc(Cl)ccc2C(=O)NS(=O)(=O)c2cccc(N)n2)cn1.Nc1cccc(S(=O)(=O)NC(=O)c2ccc(Cl)nc2Cl)n1. The average molecular weight is 795 g/mol. The topological polar surface area (TPSA) is 252 Å². The highest BCUT2D eigenvalue weighted by molar-refractivity contribution is 7.90. The summed E-state index contributed by atoms with van der Waals surface area (Å²) in [5.41, 5.74) is 11.4. The van der Waals surface area contributed by atoms with E-state index in [9.17, 15) is 26.4 Å². The maximum atomic E-state index is 12.8. The Hall–Kier alpha value is -5.14. The van der Waals surface area contributed by atoms with E-state index in [-0.39, 0.29) is 60.1 Å². The lowest BCUT2D eigenvalue weighted by molar-refractivity contribution is 0.0972. The Balaban J connectivity index is 0.000000244. The minimum Gasteiger partial charge on any atom is -0.475 e. The van der Waals surface area contributed by atoms with Gasteiger partial charge in [-0.3, -0.25) is 9.59 Å². The molecule has 2 amide bonds. The lowest BCUT2D eigenvalue weighted by Crippen LogP contribution is -2.31. The lowest BCUT2D eigenvalue weighted by atomic mass is 10.1. The fourth-order valence-electron chi connectivity index (χ4n) is 3.87. The first kappa shape index (κ1) is 38.7. The number of halogens is 3. The van der Waals surface area contributed by atoms with Crippen molar-refractivity contribution < 1.29 is 31.2 Å². The molecule has 0 aliphatic heterocycles. The summed E-state index contributed by atoms with van der Waals surface area (Å²) in [7, 11) is -8.41. The molecule has 0 radical (unpaired) electrons. The fraction of sp³-hybridized carbons (Fsp3) is 0.100. The highest BCUT2D eigenvalue weighted by atomic mass is 35.5. The van der Waals surface area contributed by atoms with Crippen LogP contribution in [-0.2, 0) is 20.0 Å². The smallest absolute Gasteiger partial charge is 0.281 e. The van der Waals surface area contributed by atoms with Gasteiger partial charge in [-0.05, 0) is 68.4 Å². The van der Waals surface area contributed by atoms with Crippen molar-refractivity contribution in [3.8, 4) is 17.1 Å². The van der Waals surface area contributed by atoms with Crippen LogP contribution in [0.15, 0.2) is 89.0 Å². The number of anilines is 2. The molecular formula is C30H26Cl3N9O7S2. The Labute approximate surface area is 306 Å². The van der Waals surface area contributed by atoms with Crippen LogP contribution in [0.2, 0.25) is 15.5 Å². The Morgan fingerprint density at radius 3 is 1.67 bits per heavy atom. The molecule has 5 heterocycles. The van der Waals surface area contributed by atoms with E-state index in [0.717, 1.165) is 0 Å². The van der Waals surface area contributed by atoms with Gasteiger partial charge in [-0.1, -0.05) is 46.9 Å². The molecule has 0 unspecified atom stereocenters. The van der Waals surface area contributed by atoms with Gasteiger partial charge in [0.15, 0.2) is 10.1 Å². The third-order valence-electron chi connectivity index (χ3n) is 6.03. The van der Waals surface area contributed by atoms with Crippen molar-refractivity contribution in [2.75, 3.05) is 11.5 Å². The van der Waals surface area contributed by atoms with Crippen molar-refractivity contribution in [1.29, 1.82) is 0 Å². The van der Waals surface area contributed by atoms with Crippen molar-refractivity contribution in [3.05, 3.63) is 106 Å². The second-order valence-corrected chi connectivity index (χ2v) is 14.6. The van der Waals surface area contributed by atoms with Crippen LogP contribution in [0.4, 0.5) is 11.6 Å². The van der Waals surface area contributed by atoms with Gasteiger partial charge >= 0.3 is 0 Å². The van der Waals surface area contributed by atoms with Crippen LogP contribution in [0.5, 0.6) is 5.88 Å². The van der Waals surface area contributed by atoms with Gasteiger partial charge < -0.3 is 16.2 Å². The Kier molecular flexibility index (Phi) is 12.3. The molecule has 0 saturated heterocycles. The number of hydrogen-bond donors (Lipinski definition) is 4. The number of sulfonamides is 2. The first-order valence-electron chi connectivity index (χ1n) is 14.2. The van der Waals surface area contributed by atoms with Crippen molar-refractivity contribution >= 4 is 78.3 Å². The zero-order chi connectivity index (χ0) is 37.5. The Morgan fingerprint density at radius 1 is 0.686 bits per heavy atom. The summed E-state index contributed by atoms with van der Waals surface area (Å²) >= 11 is 17.3. The molecule has 21 heteroatoms. The second-order valence-electron chi connectivity index (χ2n) is 10.2. The maximum absolute atomic E-state index is 12.8. The summed E-state index contributed by atoms with van der Waals surface area (Å²) in [5.74, 6) is -1.43. The van der Waals surface area contributed by atoms with Gasteiger partial charge in [-0.25, -0.2) is 34.4 Å². The number of rotatable bonds is 9. The number of hydrogen-bond acceptors (Lipinski definition) is 14. The molecule has 0 aliphatic carbocycles. The molecule has 5 aromatic heterocycles. The number of carbonyl (C=O) groups is 2. The van der Waals surface area contributed by atoms with E-state index in [2.05, 4.69) is 24.9 Å². The molecule has 0 bridgehead atoms. The maximum Gasteiger partial charge on any atom is 0.281 e. The Bertz CT molecular complexity index is 2320. The number of aromatic nitrogens is 5. The minimum absolute atomic E-state index is 0.00814. The number of amides is 2. The van der Waals surface area contributed by atoms with Gasteiger partial charge in [0.1, 0.15) is 27.1 Å². The van der Waals surface area contributed by atoms with Gasteiger partial charge in [0, 0.05) is 17.8 Å². The van der Waals surface area contributed by atoms with Crippen LogP contribution in [-0.4, -0.2) is 59.7 Å². The zero-order valence-electron chi connectivity index (χ0n) is 26.3.